The lowest BCUT2D eigenvalue weighted by Gasteiger charge is -2.32. The van der Waals surface area contributed by atoms with E-state index >= 15 is 0 Å². The Kier molecular flexibility index (Phi) is 9.03. The molecule has 1 aromatic carbocycles. The fourth-order valence-electron chi connectivity index (χ4n) is 2.79. The van der Waals surface area contributed by atoms with E-state index in [9.17, 15) is 4.79 Å². The van der Waals surface area contributed by atoms with Crippen molar-refractivity contribution in [3.05, 3.63) is 29.8 Å². The Morgan fingerprint density at radius 1 is 1.22 bits per heavy atom. The largest absolute Gasteiger partial charge is 0.484 e. The van der Waals surface area contributed by atoms with Gasteiger partial charge in [0.2, 0.25) is 0 Å². The molecule has 1 aliphatic heterocycles. The summed E-state index contributed by atoms with van der Waals surface area (Å²) in [6.07, 6.45) is 3.19. The van der Waals surface area contributed by atoms with Gasteiger partial charge in [0.1, 0.15) is 5.75 Å². The van der Waals surface area contributed by atoms with E-state index in [1.807, 2.05) is 29.2 Å². The molecule has 1 saturated heterocycles. The number of carbonyl (C=O) groups excluding carboxylic acids is 1. The Morgan fingerprint density at radius 2 is 1.87 bits per heavy atom. The number of piperidine rings is 1. The predicted octanol–water partition coefficient (Wildman–Crippen LogP) is 2.90. The molecular formula is C18H29ClN2O2. The average Bonchev–Trinajstić information content (AvgIpc) is 2.58. The first-order valence-corrected chi connectivity index (χ1v) is 8.43. The number of nitrogens with one attached hydrogen (secondary N) is 1. The van der Waals surface area contributed by atoms with E-state index in [-0.39, 0.29) is 24.9 Å². The SMILES string of the molecule is CCNCC1CCN(C(=O)COc2ccc(CC)cc2)CC1.Cl. The molecule has 0 bridgehead atoms. The van der Waals surface area contributed by atoms with Gasteiger partial charge in [-0.15, -0.1) is 12.4 Å². The lowest BCUT2D eigenvalue weighted by molar-refractivity contribution is -0.134. The molecule has 1 aromatic rings. The van der Waals surface area contributed by atoms with Gasteiger partial charge in [0.15, 0.2) is 6.61 Å². The van der Waals surface area contributed by atoms with Crippen molar-refractivity contribution in [3.63, 3.8) is 0 Å². The first kappa shape index (κ1) is 19.8. The number of halogens is 1. The van der Waals surface area contributed by atoms with Crippen molar-refractivity contribution in [2.24, 2.45) is 5.92 Å². The van der Waals surface area contributed by atoms with E-state index < -0.39 is 0 Å². The first-order chi connectivity index (χ1) is 10.7. The second kappa shape index (κ2) is 10.5. The highest BCUT2D eigenvalue weighted by molar-refractivity contribution is 5.85. The van der Waals surface area contributed by atoms with E-state index in [1.165, 1.54) is 5.56 Å². The molecule has 2 rings (SSSR count). The monoisotopic (exact) mass is 340 g/mol. The second-order valence-electron chi connectivity index (χ2n) is 5.92. The molecule has 130 valence electrons. The normalized spacial score (nSPS) is 15.1. The molecule has 0 spiro atoms. The summed E-state index contributed by atoms with van der Waals surface area (Å²) < 4.78 is 5.61. The minimum atomic E-state index is 0. The quantitative estimate of drug-likeness (QED) is 0.829. The number of nitrogens with zero attached hydrogens (tertiary/aromatic N) is 1. The lowest BCUT2D eigenvalue weighted by atomic mass is 9.97. The predicted molar refractivity (Wildman–Crippen MR) is 96.4 cm³/mol. The molecule has 1 fully saturated rings. The third kappa shape index (κ3) is 6.40. The molecular weight excluding hydrogens is 312 g/mol. The van der Waals surface area contributed by atoms with Gasteiger partial charge in [-0.25, -0.2) is 0 Å². The molecule has 0 radical (unpaired) electrons. The number of likely N-dealkylation sites (tertiary alicyclic amines) is 1. The third-order valence-electron chi connectivity index (χ3n) is 4.34. The smallest absolute Gasteiger partial charge is 0.260 e. The van der Waals surface area contributed by atoms with Crippen LogP contribution in [0.5, 0.6) is 5.75 Å². The van der Waals surface area contributed by atoms with Gasteiger partial charge in [0, 0.05) is 13.1 Å². The van der Waals surface area contributed by atoms with Crippen LogP contribution in [0.2, 0.25) is 0 Å². The summed E-state index contributed by atoms with van der Waals surface area (Å²) in [5.74, 6) is 1.57. The van der Waals surface area contributed by atoms with Crippen molar-refractivity contribution in [3.8, 4) is 5.75 Å². The Bertz CT molecular complexity index is 457. The highest BCUT2D eigenvalue weighted by Gasteiger charge is 2.22. The zero-order valence-corrected chi connectivity index (χ0v) is 15.0. The number of aryl methyl sites for hydroxylation is 1. The van der Waals surface area contributed by atoms with Gasteiger partial charge >= 0.3 is 0 Å². The Labute approximate surface area is 146 Å². The van der Waals surface area contributed by atoms with E-state index in [4.69, 9.17) is 4.74 Å². The minimum absolute atomic E-state index is 0. The van der Waals surface area contributed by atoms with Crippen LogP contribution in [0.3, 0.4) is 0 Å². The summed E-state index contributed by atoms with van der Waals surface area (Å²) in [6.45, 7) is 8.19. The second-order valence-corrected chi connectivity index (χ2v) is 5.92. The highest BCUT2D eigenvalue weighted by Crippen LogP contribution is 2.17. The maximum atomic E-state index is 12.2. The number of hydrogen-bond donors (Lipinski definition) is 1. The molecule has 5 heteroatoms. The molecule has 1 N–H and O–H groups in total. The molecule has 0 saturated carbocycles. The maximum Gasteiger partial charge on any atom is 0.260 e. The standard InChI is InChI=1S/C18H28N2O2.ClH/c1-3-15-5-7-17(8-6-15)22-14-18(21)20-11-9-16(10-12-20)13-19-4-2;/h5-8,16,19H,3-4,9-14H2,1-2H3;1H. The van der Waals surface area contributed by atoms with Crippen molar-refractivity contribution in [2.75, 3.05) is 32.8 Å². The van der Waals surface area contributed by atoms with Crippen molar-refractivity contribution < 1.29 is 9.53 Å². The van der Waals surface area contributed by atoms with Crippen LogP contribution in [0.25, 0.3) is 0 Å². The molecule has 4 nitrogen and oxygen atoms in total. The van der Waals surface area contributed by atoms with Crippen LogP contribution in [-0.4, -0.2) is 43.6 Å². The molecule has 1 heterocycles. The summed E-state index contributed by atoms with van der Waals surface area (Å²) in [7, 11) is 0. The van der Waals surface area contributed by atoms with Gasteiger partial charge in [-0.05, 0) is 56.0 Å². The van der Waals surface area contributed by atoms with E-state index in [0.29, 0.717) is 5.92 Å². The summed E-state index contributed by atoms with van der Waals surface area (Å²) >= 11 is 0. The summed E-state index contributed by atoms with van der Waals surface area (Å²) in [5.41, 5.74) is 1.28. The van der Waals surface area contributed by atoms with E-state index in [2.05, 4.69) is 19.2 Å². The first-order valence-electron chi connectivity index (χ1n) is 8.43. The summed E-state index contributed by atoms with van der Waals surface area (Å²) in [5, 5.41) is 3.39. The summed E-state index contributed by atoms with van der Waals surface area (Å²) in [6, 6.07) is 7.97. The number of amides is 1. The molecule has 0 aliphatic carbocycles. The van der Waals surface area contributed by atoms with Crippen molar-refractivity contribution in [1.82, 2.24) is 10.2 Å². The molecule has 0 unspecified atom stereocenters. The number of benzene rings is 1. The average molecular weight is 341 g/mol. The zero-order chi connectivity index (χ0) is 15.8. The molecule has 23 heavy (non-hydrogen) atoms. The van der Waals surface area contributed by atoms with Crippen LogP contribution in [0, 0.1) is 5.92 Å². The highest BCUT2D eigenvalue weighted by atomic mass is 35.5. The number of ether oxygens (including phenoxy) is 1. The number of hydrogen-bond acceptors (Lipinski definition) is 3. The fourth-order valence-corrected chi connectivity index (χ4v) is 2.79. The number of rotatable bonds is 7. The molecule has 0 aromatic heterocycles. The van der Waals surface area contributed by atoms with Gasteiger partial charge in [0.25, 0.3) is 5.91 Å². The van der Waals surface area contributed by atoms with Crippen LogP contribution in [-0.2, 0) is 11.2 Å². The lowest BCUT2D eigenvalue weighted by Crippen LogP contribution is -2.42. The van der Waals surface area contributed by atoms with Crippen molar-refractivity contribution in [1.29, 1.82) is 0 Å². The van der Waals surface area contributed by atoms with Gasteiger partial charge in [-0.2, -0.15) is 0 Å². The third-order valence-corrected chi connectivity index (χ3v) is 4.34. The van der Waals surface area contributed by atoms with Gasteiger partial charge in [0.05, 0.1) is 0 Å². The topological polar surface area (TPSA) is 41.6 Å². The van der Waals surface area contributed by atoms with Gasteiger partial charge < -0.3 is 15.0 Å². The molecule has 1 amide bonds. The van der Waals surface area contributed by atoms with Gasteiger partial charge in [-0.3, -0.25) is 4.79 Å². The minimum Gasteiger partial charge on any atom is -0.484 e. The Balaban J connectivity index is 0.00000264. The van der Waals surface area contributed by atoms with E-state index in [1.54, 1.807) is 0 Å². The fraction of sp³-hybridized carbons (Fsp3) is 0.611. The number of carbonyl (C=O) groups is 1. The van der Waals surface area contributed by atoms with Crippen LogP contribution in [0.4, 0.5) is 0 Å². The molecule has 0 atom stereocenters. The maximum absolute atomic E-state index is 12.2. The van der Waals surface area contributed by atoms with E-state index in [0.717, 1.165) is 51.2 Å². The molecule has 1 aliphatic rings. The van der Waals surface area contributed by atoms with Crippen LogP contribution in [0.1, 0.15) is 32.3 Å². The van der Waals surface area contributed by atoms with Crippen LogP contribution >= 0.6 is 12.4 Å². The van der Waals surface area contributed by atoms with Crippen molar-refractivity contribution >= 4 is 18.3 Å². The van der Waals surface area contributed by atoms with Crippen molar-refractivity contribution in [2.45, 2.75) is 33.1 Å². The Hall–Kier alpha value is -1.26. The summed E-state index contributed by atoms with van der Waals surface area (Å²) in [4.78, 5) is 14.1. The van der Waals surface area contributed by atoms with Crippen LogP contribution < -0.4 is 10.1 Å². The van der Waals surface area contributed by atoms with Crippen LogP contribution in [0.15, 0.2) is 24.3 Å². The Morgan fingerprint density at radius 3 is 2.43 bits per heavy atom. The van der Waals surface area contributed by atoms with Gasteiger partial charge in [-0.1, -0.05) is 26.0 Å². The zero-order valence-electron chi connectivity index (χ0n) is 14.2.